The van der Waals surface area contributed by atoms with Crippen LogP contribution in [0.15, 0.2) is 200 Å². The highest BCUT2D eigenvalue weighted by Gasteiger charge is 2.26. The molecule has 12 rings (SSSR count). The minimum atomic E-state index is -1.46. The summed E-state index contributed by atoms with van der Waals surface area (Å²) in [6.45, 7) is 20.5. The van der Waals surface area contributed by atoms with Crippen LogP contribution in [0.3, 0.4) is 0 Å². The standard InChI is InChI=1S/C26H24F6.C26H26F4.C22H19F3O.C22H22/c1-3-5-7-15-9-11-17(23(29)21(15)27)19-13-14-20(26(32)25(19)31)18-12-10-16(8-6-4-2)22(28)24(18)30;1-3-5-7-17-9-11-19(23(27)15-17)21-13-14-22(26(30)25(21)29)20-12-10-18(8-6-4-2)16-24(20)28;1-3-14-5-7-15(8-6-14)16-9-10-17(19(23)13-16)18-11-12-20(26-4-2)22(25)21(18)24;1-15-5-11-21(17(3)13-15)19-7-9-20(10-8-19)22-12-6-16(2)14-18(22)4/h9-14H,3-8H2,1-2H3;9-16H,3-8H2,1-2H3;5-13H,3-4H2,1-2H3;5-14H,1-4H3. The molecule has 0 atom stereocenters. The Hall–Kier alpha value is -10.5. The van der Waals surface area contributed by atoms with Gasteiger partial charge in [-0.2, -0.15) is 4.39 Å². The number of hydrogen-bond acceptors (Lipinski definition) is 1. The van der Waals surface area contributed by atoms with E-state index in [-0.39, 0.29) is 56.9 Å². The second-order valence-electron chi connectivity index (χ2n) is 27.6. The van der Waals surface area contributed by atoms with Gasteiger partial charge < -0.3 is 4.74 Å². The molecule has 110 heavy (non-hydrogen) atoms. The fraction of sp³-hybridized carbons (Fsp3) is 0.250. The Kier molecular flexibility index (Phi) is 29.8. The molecule has 0 heterocycles. The summed E-state index contributed by atoms with van der Waals surface area (Å²) in [5.74, 6) is -14.2. The number of hydrogen-bond donors (Lipinski definition) is 0. The lowest BCUT2D eigenvalue weighted by molar-refractivity contribution is 0.314. The molecule has 12 aromatic rings. The van der Waals surface area contributed by atoms with Gasteiger partial charge in [-0.1, -0.05) is 241 Å². The van der Waals surface area contributed by atoms with Crippen LogP contribution in [-0.2, 0) is 32.1 Å². The van der Waals surface area contributed by atoms with Crippen molar-refractivity contribution in [3.8, 4) is 94.8 Å². The first kappa shape index (κ1) is 83.6. The van der Waals surface area contributed by atoms with E-state index in [4.69, 9.17) is 4.74 Å². The van der Waals surface area contributed by atoms with Crippen molar-refractivity contribution in [1.82, 2.24) is 0 Å². The molecule has 0 aliphatic heterocycles. The average Bonchev–Trinajstić information content (AvgIpc) is 0.770. The SMILES string of the molecule is CCCCc1ccc(-c2ccc(-c3ccc(CCCC)c(F)c3F)c(F)c2F)c(F)c1F.CCCCc1ccc(-c2ccc(-c3ccc(CCCC)cc3F)c(F)c2F)c(F)c1.CCOc1ccc(-c2ccc(-c3ccc(CC)cc3)cc2F)c(F)c1F.Cc1ccc(-c2ccc(-c3ccc(C)cc3C)cc2)c(C)c1. The Morgan fingerprint density at radius 1 is 0.236 bits per heavy atom. The molecule has 0 radical (unpaired) electrons. The Bertz CT molecular complexity index is 4920. The largest absolute Gasteiger partial charge is 0.491 e. The molecule has 14 heteroatoms. The third-order valence-electron chi connectivity index (χ3n) is 19.5. The van der Waals surface area contributed by atoms with Crippen molar-refractivity contribution in [1.29, 1.82) is 0 Å². The van der Waals surface area contributed by atoms with Gasteiger partial charge >= 0.3 is 0 Å². The first-order chi connectivity index (χ1) is 52.9. The predicted molar refractivity (Wildman–Crippen MR) is 423 cm³/mol. The van der Waals surface area contributed by atoms with Crippen LogP contribution in [0.2, 0.25) is 0 Å². The third-order valence-corrected chi connectivity index (χ3v) is 19.5. The molecule has 0 aromatic heterocycles. The number of rotatable bonds is 23. The van der Waals surface area contributed by atoms with Gasteiger partial charge in [-0.05, 0) is 195 Å². The van der Waals surface area contributed by atoms with E-state index in [1.165, 1.54) is 135 Å². The highest BCUT2D eigenvalue weighted by atomic mass is 19.2. The van der Waals surface area contributed by atoms with Gasteiger partial charge in [0.1, 0.15) is 17.5 Å². The molecule has 0 unspecified atom stereocenters. The van der Waals surface area contributed by atoms with E-state index in [1.807, 2.05) is 52.0 Å². The number of aryl methyl sites for hydroxylation is 9. The van der Waals surface area contributed by atoms with Crippen molar-refractivity contribution < 1.29 is 61.8 Å². The summed E-state index contributed by atoms with van der Waals surface area (Å²) in [6.07, 6.45) is 9.79. The molecule has 0 spiro atoms. The zero-order valence-corrected chi connectivity index (χ0v) is 63.8. The van der Waals surface area contributed by atoms with Crippen LogP contribution < -0.4 is 4.74 Å². The second kappa shape index (κ2) is 39.2. The van der Waals surface area contributed by atoms with Crippen LogP contribution in [0.5, 0.6) is 5.75 Å². The summed E-state index contributed by atoms with van der Waals surface area (Å²) < 4.78 is 194. The summed E-state index contributed by atoms with van der Waals surface area (Å²) in [5.41, 5.74) is 12.9. The molecule has 0 fully saturated rings. The van der Waals surface area contributed by atoms with Gasteiger partial charge in [0, 0.05) is 55.6 Å². The molecule has 0 bridgehead atoms. The molecule has 0 saturated heterocycles. The summed E-state index contributed by atoms with van der Waals surface area (Å²) in [4.78, 5) is 0. The summed E-state index contributed by atoms with van der Waals surface area (Å²) in [6, 6.07) is 56.1. The molecule has 12 aromatic carbocycles. The lowest BCUT2D eigenvalue weighted by Crippen LogP contribution is -2.02. The van der Waals surface area contributed by atoms with Gasteiger partial charge in [0.15, 0.2) is 58.1 Å². The van der Waals surface area contributed by atoms with Gasteiger partial charge in [-0.15, -0.1) is 0 Å². The normalized spacial score (nSPS) is 11.0. The predicted octanol–water partition coefficient (Wildman–Crippen LogP) is 29.5. The Balaban J connectivity index is 0.000000170. The molecular weight excluding hydrogens is 1420 g/mol. The average molecular weight is 1510 g/mol. The summed E-state index contributed by atoms with van der Waals surface area (Å²) >= 11 is 0. The van der Waals surface area contributed by atoms with Crippen molar-refractivity contribution in [2.24, 2.45) is 0 Å². The Morgan fingerprint density at radius 3 is 0.882 bits per heavy atom. The zero-order chi connectivity index (χ0) is 79.5. The molecule has 0 saturated carbocycles. The van der Waals surface area contributed by atoms with Crippen LogP contribution in [-0.4, -0.2) is 6.61 Å². The fourth-order valence-corrected chi connectivity index (χ4v) is 13.2. The van der Waals surface area contributed by atoms with Crippen molar-refractivity contribution in [3.05, 3.63) is 326 Å². The molecule has 0 N–H and O–H groups in total. The van der Waals surface area contributed by atoms with E-state index in [9.17, 15) is 57.1 Å². The van der Waals surface area contributed by atoms with Crippen LogP contribution in [0.4, 0.5) is 57.1 Å². The van der Waals surface area contributed by atoms with Crippen LogP contribution >= 0.6 is 0 Å². The first-order valence-electron chi connectivity index (χ1n) is 37.6. The van der Waals surface area contributed by atoms with E-state index in [0.717, 1.165) is 86.6 Å². The lowest BCUT2D eigenvalue weighted by Gasteiger charge is -2.13. The minimum absolute atomic E-state index is 0.00594. The van der Waals surface area contributed by atoms with Gasteiger partial charge in [0.2, 0.25) is 5.82 Å². The second-order valence-corrected chi connectivity index (χ2v) is 27.6. The Morgan fingerprint density at radius 2 is 0.527 bits per heavy atom. The third kappa shape index (κ3) is 20.1. The molecular formula is C96H91F13O. The van der Waals surface area contributed by atoms with Crippen LogP contribution in [0, 0.1) is 103 Å². The van der Waals surface area contributed by atoms with Gasteiger partial charge in [0.25, 0.3) is 0 Å². The first-order valence-corrected chi connectivity index (χ1v) is 37.6. The topological polar surface area (TPSA) is 9.23 Å². The fourth-order valence-electron chi connectivity index (χ4n) is 13.2. The minimum Gasteiger partial charge on any atom is -0.491 e. The number of halogens is 13. The lowest BCUT2D eigenvalue weighted by atomic mass is 9.94. The highest BCUT2D eigenvalue weighted by molar-refractivity contribution is 5.77. The van der Waals surface area contributed by atoms with Crippen LogP contribution in [0.25, 0.3) is 89.0 Å². The quantitative estimate of drug-likeness (QED) is 0.0580. The number of benzene rings is 12. The van der Waals surface area contributed by atoms with E-state index in [0.29, 0.717) is 31.2 Å². The molecule has 0 aliphatic rings. The van der Waals surface area contributed by atoms with Gasteiger partial charge in [-0.3, -0.25) is 0 Å². The Labute approximate surface area is 638 Å². The highest BCUT2D eigenvalue weighted by Crippen LogP contribution is 2.40. The maximum absolute atomic E-state index is 14.8. The maximum atomic E-state index is 14.8. The van der Waals surface area contributed by atoms with E-state index in [2.05, 4.69) is 95.3 Å². The van der Waals surface area contributed by atoms with Crippen LogP contribution in [0.1, 0.15) is 143 Å². The summed E-state index contributed by atoms with van der Waals surface area (Å²) in [7, 11) is 0. The number of unbranched alkanes of at least 4 members (excludes halogenated alkanes) is 4. The van der Waals surface area contributed by atoms with Crippen molar-refractivity contribution in [2.75, 3.05) is 6.61 Å². The molecule has 0 aliphatic carbocycles. The van der Waals surface area contributed by atoms with Crippen molar-refractivity contribution >= 4 is 0 Å². The van der Waals surface area contributed by atoms with E-state index < -0.39 is 97.9 Å². The zero-order valence-electron chi connectivity index (χ0n) is 63.8. The van der Waals surface area contributed by atoms with E-state index in [1.54, 1.807) is 25.1 Å². The molecule has 1 nitrogen and oxygen atoms in total. The summed E-state index contributed by atoms with van der Waals surface area (Å²) in [5, 5.41) is 0. The van der Waals surface area contributed by atoms with Crippen molar-refractivity contribution in [3.63, 3.8) is 0 Å². The van der Waals surface area contributed by atoms with Gasteiger partial charge in [-0.25, -0.2) is 52.7 Å². The van der Waals surface area contributed by atoms with Crippen molar-refractivity contribution in [2.45, 2.75) is 153 Å². The molecule has 0 amide bonds. The molecule has 572 valence electrons. The monoisotopic (exact) mass is 1510 g/mol. The maximum Gasteiger partial charge on any atom is 0.201 e. The van der Waals surface area contributed by atoms with Gasteiger partial charge in [0.05, 0.1) is 6.61 Å². The number of ether oxygens (including phenoxy) is 1. The van der Waals surface area contributed by atoms with E-state index >= 15 is 0 Å². The smallest absolute Gasteiger partial charge is 0.201 e.